The lowest BCUT2D eigenvalue weighted by atomic mass is 10.2. The molecule has 0 saturated carbocycles. The van der Waals surface area contributed by atoms with Crippen molar-refractivity contribution in [3.8, 4) is 11.6 Å². The molecule has 3 rings (SSSR count). The molecule has 1 atom stereocenters. The first kappa shape index (κ1) is 21.6. The Balaban J connectivity index is 2.06. The molecule has 13 heteroatoms. The van der Waals surface area contributed by atoms with E-state index in [1.807, 2.05) is 18.2 Å². The van der Waals surface area contributed by atoms with Crippen molar-refractivity contribution in [2.75, 3.05) is 17.3 Å². The van der Waals surface area contributed by atoms with Gasteiger partial charge in [-0.05, 0) is 5.56 Å². The van der Waals surface area contributed by atoms with Crippen LogP contribution in [-0.4, -0.2) is 30.3 Å². The number of hydrogen-bond donors (Lipinski definition) is 2. The quantitative estimate of drug-likeness (QED) is 0.227. The van der Waals surface area contributed by atoms with Gasteiger partial charge in [0.05, 0.1) is 26.7 Å². The molecule has 3 aromatic rings. The van der Waals surface area contributed by atoms with Crippen LogP contribution in [-0.2, 0) is 17.3 Å². The average Bonchev–Trinajstić information content (AvgIpc) is 2.71. The molecule has 0 saturated heterocycles. The summed E-state index contributed by atoms with van der Waals surface area (Å²) < 4.78 is 17.5. The lowest BCUT2D eigenvalue weighted by Gasteiger charge is -2.11. The molecule has 0 bridgehead atoms. The summed E-state index contributed by atoms with van der Waals surface area (Å²) in [6, 6.07) is 12.5. The Labute approximate surface area is 177 Å². The third kappa shape index (κ3) is 5.27. The molecule has 160 valence electrons. The van der Waals surface area contributed by atoms with Gasteiger partial charge in [0, 0.05) is 30.6 Å². The number of aromatic nitrogens is 2. The summed E-state index contributed by atoms with van der Waals surface area (Å²) in [6.45, 7) is 0.192. The highest BCUT2D eigenvalue weighted by Gasteiger charge is 2.28. The number of hydrogen-bond acceptors (Lipinski definition) is 10. The summed E-state index contributed by atoms with van der Waals surface area (Å²) in [7, 11) is -1.69. The molecule has 31 heavy (non-hydrogen) atoms. The molecule has 12 nitrogen and oxygen atoms in total. The molecule has 1 unspecified atom stereocenters. The molecule has 1 aromatic heterocycles. The Morgan fingerprint density at radius 2 is 1.81 bits per heavy atom. The number of nitrogens with one attached hydrogen (secondary N) is 1. The molecule has 0 aliphatic carbocycles. The van der Waals surface area contributed by atoms with Gasteiger partial charge in [0.2, 0.25) is 11.0 Å². The van der Waals surface area contributed by atoms with Crippen molar-refractivity contribution in [1.29, 1.82) is 0 Å². The fraction of sp³-hybridized carbons (Fsp3) is 0.111. The average molecular weight is 444 g/mol. The predicted octanol–water partition coefficient (Wildman–Crippen LogP) is 3.02. The fourth-order valence-electron chi connectivity index (χ4n) is 2.57. The Hall–Kier alpha value is -4.13. The Bertz CT molecular complexity index is 1170. The van der Waals surface area contributed by atoms with Gasteiger partial charge in [0.25, 0.3) is 5.69 Å². The van der Waals surface area contributed by atoms with Gasteiger partial charge in [-0.1, -0.05) is 30.3 Å². The van der Waals surface area contributed by atoms with Crippen LogP contribution in [0.2, 0.25) is 0 Å². The van der Waals surface area contributed by atoms with Gasteiger partial charge in [-0.15, -0.1) is 0 Å². The number of nitrogen functional groups attached to an aromatic ring is 1. The number of benzene rings is 2. The van der Waals surface area contributed by atoms with Gasteiger partial charge in [-0.2, -0.15) is 9.97 Å². The third-order valence-corrected chi connectivity index (χ3v) is 4.61. The summed E-state index contributed by atoms with van der Waals surface area (Å²) in [5.41, 5.74) is 5.51. The highest BCUT2D eigenvalue weighted by molar-refractivity contribution is 7.84. The number of anilines is 2. The number of rotatable bonds is 8. The summed E-state index contributed by atoms with van der Waals surface area (Å²) in [4.78, 5) is 29.3. The summed E-state index contributed by atoms with van der Waals surface area (Å²) >= 11 is 0. The minimum absolute atomic E-state index is 0.0163. The SMILES string of the molecule is CS(=O)c1nc(NCc2ccccc2)c([N+](=O)[O-])c(Oc2cc(N)cc([N+](=O)[O-])c2)n1. The number of nitro groups is 2. The Kier molecular flexibility index (Phi) is 6.35. The summed E-state index contributed by atoms with van der Waals surface area (Å²) in [5, 5.41) is 25.4. The van der Waals surface area contributed by atoms with E-state index in [9.17, 15) is 24.4 Å². The van der Waals surface area contributed by atoms with Crippen molar-refractivity contribution in [3.05, 3.63) is 74.3 Å². The van der Waals surface area contributed by atoms with Crippen molar-refractivity contribution in [1.82, 2.24) is 9.97 Å². The van der Waals surface area contributed by atoms with Crippen LogP contribution in [0.4, 0.5) is 22.9 Å². The monoisotopic (exact) mass is 444 g/mol. The van der Waals surface area contributed by atoms with E-state index in [-0.39, 0.29) is 34.6 Å². The first-order chi connectivity index (χ1) is 14.7. The second-order valence-corrected chi connectivity index (χ2v) is 7.45. The van der Waals surface area contributed by atoms with E-state index in [1.165, 1.54) is 12.3 Å². The number of nitrogens with two attached hydrogens (primary N) is 1. The number of nitrogens with zero attached hydrogens (tertiary/aromatic N) is 4. The predicted molar refractivity (Wildman–Crippen MR) is 112 cm³/mol. The smallest absolute Gasteiger partial charge is 0.373 e. The van der Waals surface area contributed by atoms with Crippen molar-refractivity contribution in [3.63, 3.8) is 0 Å². The number of nitro benzene ring substituents is 1. The lowest BCUT2D eigenvalue weighted by molar-refractivity contribution is -0.385. The zero-order valence-corrected chi connectivity index (χ0v) is 16.9. The van der Waals surface area contributed by atoms with Crippen molar-refractivity contribution < 1.29 is 18.8 Å². The topological polar surface area (TPSA) is 176 Å². The Morgan fingerprint density at radius 1 is 1.10 bits per heavy atom. The first-order valence-electron chi connectivity index (χ1n) is 8.65. The molecule has 0 spiro atoms. The van der Waals surface area contributed by atoms with Crippen molar-refractivity contribution >= 4 is 33.7 Å². The molecule has 0 radical (unpaired) electrons. The van der Waals surface area contributed by atoms with Crippen LogP contribution in [0.1, 0.15) is 5.56 Å². The molecule has 2 aromatic carbocycles. The van der Waals surface area contributed by atoms with E-state index >= 15 is 0 Å². The highest BCUT2D eigenvalue weighted by atomic mass is 32.2. The summed E-state index contributed by atoms with van der Waals surface area (Å²) in [5.74, 6) is -0.876. The van der Waals surface area contributed by atoms with Gasteiger partial charge < -0.3 is 15.8 Å². The van der Waals surface area contributed by atoms with Gasteiger partial charge in [-0.25, -0.2) is 0 Å². The van der Waals surface area contributed by atoms with Crippen LogP contribution in [0.25, 0.3) is 0 Å². The lowest BCUT2D eigenvalue weighted by Crippen LogP contribution is -2.10. The number of ether oxygens (including phenoxy) is 1. The van der Waals surface area contributed by atoms with E-state index in [0.29, 0.717) is 0 Å². The maximum atomic E-state index is 12.0. The molecule has 0 aliphatic rings. The van der Waals surface area contributed by atoms with Crippen molar-refractivity contribution in [2.24, 2.45) is 0 Å². The van der Waals surface area contributed by atoms with Crippen LogP contribution < -0.4 is 15.8 Å². The van der Waals surface area contributed by atoms with E-state index < -0.39 is 32.2 Å². The fourth-order valence-corrected chi connectivity index (χ4v) is 3.00. The molecule has 0 amide bonds. The van der Waals surface area contributed by atoms with Crippen LogP contribution >= 0.6 is 0 Å². The van der Waals surface area contributed by atoms with E-state index in [0.717, 1.165) is 17.7 Å². The number of non-ortho nitro benzene ring substituents is 1. The molecular weight excluding hydrogens is 428 g/mol. The summed E-state index contributed by atoms with van der Waals surface area (Å²) in [6.07, 6.45) is 1.30. The van der Waals surface area contributed by atoms with Crippen LogP contribution in [0.3, 0.4) is 0 Å². The Morgan fingerprint density at radius 3 is 2.42 bits per heavy atom. The van der Waals surface area contributed by atoms with E-state index in [4.69, 9.17) is 10.5 Å². The maximum absolute atomic E-state index is 12.0. The van der Waals surface area contributed by atoms with Gasteiger partial charge >= 0.3 is 11.6 Å². The zero-order valence-electron chi connectivity index (χ0n) is 16.0. The minimum atomic E-state index is -1.69. The standard InChI is InChI=1S/C18H16N6O6S/c1-31(29)18-21-16(20-10-11-5-3-2-4-6-11)15(24(27)28)17(22-18)30-14-8-12(19)7-13(9-14)23(25)26/h2-9H,10,19H2,1H3,(H,20,21,22). The van der Waals surface area contributed by atoms with E-state index in [1.54, 1.807) is 12.1 Å². The van der Waals surface area contributed by atoms with Gasteiger partial charge in [-0.3, -0.25) is 24.4 Å². The van der Waals surface area contributed by atoms with Crippen LogP contribution in [0.5, 0.6) is 11.6 Å². The largest absolute Gasteiger partial charge is 0.433 e. The van der Waals surface area contributed by atoms with Gasteiger partial charge in [0.1, 0.15) is 5.75 Å². The zero-order chi connectivity index (χ0) is 22.5. The molecule has 1 heterocycles. The van der Waals surface area contributed by atoms with Gasteiger partial charge in [0.15, 0.2) is 0 Å². The minimum Gasteiger partial charge on any atom is -0.433 e. The van der Waals surface area contributed by atoms with Crippen LogP contribution in [0.15, 0.2) is 53.7 Å². The maximum Gasteiger partial charge on any atom is 0.373 e. The third-order valence-electron chi connectivity index (χ3n) is 3.91. The second-order valence-electron chi connectivity index (χ2n) is 6.18. The molecule has 3 N–H and O–H groups in total. The van der Waals surface area contributed by atoms with Crippen molar-refractivity contribution in [2.45, 2.75) is 11.7 Å². The molecule has 0 fully saturated rings. The molecule has 0 aliphatic heterocycles. The van der Waals surface area contributed by atoms with Crippen LogP contribution in [0, 0.1) is 20.2 Å². The second kappa shape index (κ2) is 9.13. The van der Waals surface area contributed by atoms with E-state index in [2.05, 4.69) is 15.3 Å². The normalized spacial score (nSPS) is 11.5. The molecular formula is C18H16N6O6S. The highest BCUT2D eigenvalue weighted by Crippen LogP contribution is 2.37. The first-order valence-corrected chi connectivity index (χ1v) is 10.2.